The van der Waals surface area contributed by atoms with Gasteiger partial charge in [-0.15, -0.1) is 0 Å². The van der Waals surface area contributed by atoms with Crippen LogP contribution in [0.3, 0.4) is 0 Å². The summed E-state index contributed by atoms with van der Waals surface area (Å²) >= 11 is 0. The average molecular weight is 515 g/mol. The molecule has 194 valence electrons. The topological polar surface area (TPSA) is 203 Å². The molecule has 38 heavy (non-hydrogen) atoms. The van der Waals surface area contributed by atoms with Gasteiger partial charge < -0.3 is 31.6 Å². The van der Waals surface area contributed by atoms with Gasteiger partial charge in [-0.05, 0) is 41.6 Å². The van der Waals surface area contributed by atoms with E-state index >= 15 is 0 Å². The van der Waals surface area contributed by atoms with Gasteiger partial charge in [0.2, 0.25) is 5.88 Å². The molecule has 4 rings (SSSR count). The van der Waals surface area contributed by atoms with E-state index in [4.69, 9.17) is 31.2 Å². The molecule has 0 saturated heterocycles. The SMILES string of the molecule is CC(C)(O)C#Cc1nc(OC(C[NH3+])c2ccccc2)cc2c1nc(-c1nonc1N)n2CCC#CC(=N)N. The number of quaternary nitrogens is 1. The van der Waals surface area contributed by atoms with Crippen LogP contribution in [0, 0.1) is 29.1 Å². The van der Waals surface area contributed by atoms with E-state index in [-0.39, 0.29) is 23.5 Å². The second-order valence-electron chi connectivity index (χ2n) is 8.84. The van der Waals surface area contributed by atoms with Crippen LogP contribution in [0.15, 0.2) is 41.0 Å². The zero-order valence-corrected chi connectivity index (χ0v) is 21.0. The Bertz CT molecular complexity index is 1580. The molecule has 1 unspecified atom stereocenters. The van der Waals surface area contributed by atoms with Gasteiger partial charge in [0.05, 0.1) is 5.52 Å². The Morgan fingerprint density at radius 1 is 1.26 bits per heavy atom. The number of hydrogen-bond donors (Lipinski definition) is 5. The van der Waals surface area contributed by atoms with Crippen molar-refractivity contribution in [2.75, 3.05) is 12.3 Å². The monoisotopic (exact) mass is 514 g/mol. The molecule has 0 aliphatic carbocycles. The Labute approximate surface area is 218 Å². The van der Waals surface area contributed by atoms with E-state index in [1.807, 2.05) is 34.9 Å². The van der Waals surface area contributed by atoms with Crippen molar-refractivity contribution in [1.82, 2.24) is 24.8 Å². The summed E-state index contributed by atoms with van der Waals surface area (Å²) in [6.45, 7) is 3.95. The van der Waals surface area contributed by atoms with Crippen LogP contribution >= 0.6 is 0 Å². The minimum atomic E-state index is -1.26. The number of imidazole rings is 1. The van der Waals surface area contributed by atoms with Gasteiger partial charge in [0.25, 0.3) is 0 Å². The second kappa shape index (κ2) is 11.0. The molecule has 3 aromatic heterocycles. The summed E-state index contributed by atoms with van der Waals surface area (Å²) in [6, 6.07) is 11.4. The summed E-state index contributed by atoms with van der Waals surface area (Å²) in [6.07, 6.45) is -0.0123. The van der Waals surface area contributed by atoms with E-state index in [9.17, 15) is 5.11 Å². The predicted octanol–water partition coefficient (Wildman–Crippen LogP) is 0.877. The van der Waals surface area contributed by atoms with E-state index in [1.165, 1.54) is 0 Å². The molecule has 12 nitrogen and oxygen atoms in total. The van der Waals surface area contributed by atoms with Crippen LogP contribution in [0.1, 0.15) is 37.6 Å². The number of nitrogen functional groups attached to an aromatic ring is 1. The van der Waals surface area contributed by atoms with Crippen LogP contribution < -0.4 is 21.9 Å². The first-order valence-corrected chi connectivity index (χ1v) is 11.7. The summed E-state index contributed by atoms with van der Waals surface area (Å²) in [5, 5.41) is 25.2. The lowest BCUT2D eigenvalue weighted by atomic mass is 10.1. The van der Waals surface area contributed by atoms with Crippen LogP contribution in [0.4, 0.5) is 5.82 Å². The average Bonchev–Trinajstić information content (AvgIpc) is 3.46. The number of hydrogen-bond acceptors (Lipinski definition) is 9. The summed E-state index contributed by atoms with van der Waals surface area (Å²) in [5.74, 6) is 11.6. The number of pyridine rings is 1. The van der Waals surface area contributed by atoms with Gasteiger partial charge in [-0.1, -0.05) is 42.2 Å². The van der Waals surface area contributed by atoms with E-state index in [0.29, 0.717) is 47.9 Å². The van der Waals surface area contributed by atoms with E-state index in [1.54, 1.807) is 19.9 Å². The highest BCUT2D eigenvalue weighted by Gasteiger charge is 2.23. The zero-order valence-electron chi connectivity index (χ0n) is 21.0. The van der Waals surface area contributed by atoms with Crippen molar-refractivity contribution >= 4 is 22.7 Å². The van der Waals surface area contributed by atoms with Crippen LogP contribution in [-0.2, 0) is 6.54 Å². The first kappa shape index (κ1) is 26.2. The normalized spacial score (nSPS) is 11.8. The molecule has 0 radical (unpaired) electrons. The molecule has 9 N–H and O–H groups in total. The van der Waals surface area contributed by atoms with Crippen LogP contribution in [-0.4, -0.2) is 47.9 Å². The lowest BCUT2D eigenvalue weighted by Gasteiger charge is -2.16. The number of nitrogens with one attached hydrogen (secondary N) is 1. The molecule has 0 bridgehead atoms. The van der Waals surface area contributed by atoms with Crippen molar-refractivity contribution in [3.05, 3.63) is 47.7 Å². The van der Waals surface area contributed by atoms with Crippen molar-refractivity contribution in [2.24, 2.45) is 5.73 Å². The third-order valence-corrected chi connectivity index (χ3v) is 5.31. The third kappa shape index (κ3) is 6.07. The number of ether oxygens (including phenoxy) is 1. The van der Waals surface area contributed by atoms with Gasteiger partial charge in [-0.2, -0.15) is 0 Å². The lowest BCUT2D eigenvalue weighted by Crippen LogP contribution is -2.54. The lowest BCUT2D eigenvalue weighted by molar-refractivity contribution is -0.383. The number of benzene rings is 1. The predicted molar refractivity (Wildman–Crippen MR) is 140 cm³/mol. The number of nitrogens with zero attached hydrogens (tertiary/aromatic N) is 5. The van der Waals surface area contributed by atoms with Gasteiger partial charge in [0.1, 0.15) is 23.4 Å². The fourth-order valence-electron chi connectivity index (χ4n) is 3.65. The first-order chi connectivity index (χ1) is 18.2. The van der Waals surface area contributed by atoms with Crippen molar-refractivity contribution < 1.29 is 20.2 Å². The van der Waals surface area contributed by atoms with E-state index in [0.717, 1.165) is 5.56 Å². The number of fused-ring (bicyclic) bond motifs is 1. The minimum Gasteiger partial charge on any atom is -0.463 e. The first-order valence-electron chi connectivity index (χ1n) is 11.7. The number of amidine groups is 1. The van der Waals surface area contributed by atoms with Gasteiger partial charge in [-0.3, -0.25) is 5.41 Å². The molecule has 4 aromatic rings. The van der Waals surface area contributed by atoms with Gasteiger partial charge in [0.15, 0.2) is 29.3 Å². The number of aryl methyl sites for hydroxylation is 1. The molecule has 0 aliphatic heterocycles. The van der Waals surface area contributed by atoms with Gasteiger partial charge >= 0.3 is 0 Å². The maximum absolute atomic E-state index is 10.2. The minimum absolute atomic E-state index is 0.0612. The summed E-state index contributed by atoms with van der Waals surface area (Å²) < 4.78 is 12.9. The molecule has 0 amide bonds. The number of aromatic nitrogens is 5. The van der Waals surface area contributed by atoms with Crippen molar-refractivity contribution in [3.8, 4) is 41.1 Å². The number of anilines is 1. The van der Waals surface area contributed by atoms with Crippen molar-refractivity contribution in [1.29, 1.82) is 5.41 Å². The molecule has 0 aliphatic rings. The Morgan fingerprint density at radius 2 is 2.03 bits per heavy atom. The number of rotatable bonds is 7. The molecule has 0 fully saturated rings. The standard InChI is InChI=1S/C26H27N9O3/c1-26(2,36)12-11-17-22-18(14-21(31-17)37-19(15-27)16-8-4-3-5-9-16)35(13-7-6-10-20(28)29)25(32-22)23-24(30)34-38-33-23/h3-5,8-9,14,19,36H,7,13,15,27H2,1-2H3,(H3,28,29)(H2,30,34)/p+1. The summed E-state index contributed by atoms with van der Waals surface area (Å²) in [7, 11) is 0. The van der Waals surface area contributed by atoms with Crippen LogP contribution in [0.2, 0.25) is 0 Å². The van der Waals surface area contributed by atoms with E-state index in [2.05, 4.69) is 44.7 Å². The highest BCUT2D eigenvalue weighted by molar-refractivity contribution is 5.94. The fourth-order valence-corrected chi connectivity index (χ4v) is 3.65. The summed E-state index contributed by atoms with van der Waals surface area (Å²) in [5.41, 5.74) is 16.7. The highest BCUT2D eigenvalue weighted by atomic mass is 16.6. The molecular weight excluding hydrogens is 486 g/mol. The fraction of sp³-hybridized carbons (Fsp3) is 0.269. The molecular formula is C26H28N9O3+. The smallest absolute Gasteiger partial charge is 0.217 e. The Hall–Kier alpha value is -4.91. The van der Waals surface area contributed by atoms with E-state index < -0.39 is 5.60 Å². The Morgan fingerprint density at radius 3 is 2.66 bits per heavy atom. The van der Waals surface area contributed by atoms with Crippen LogP contribution in [0.5, 0.6) is 5.88 Å². The quantitative estimate of drug-likeness (QED) is 0.135. The summed E-state index contributed by atoms with van der Waals surface area (Å²) in [4.78, 5) is 9.34. The zero-order chi connectivity index (χ0) is 27.3. The second-order valence-corrected chi connectivity index (χ2v) is 8.84. The molecule has 12 heteroatoms. The molecule has 3 heterocycles. The molecule has 1 atom stereocenters. The number of aliphatic hydroxyl groups is 1. The molecule has 0 saturated carbocycles. The molecule has 0 spiro atoms. The van der Waals surface area contributed by atoms with Crippen molar-refractivity contribution in [2.45, 2.75) is 38.5 Å². The Balaban J connectivity index is 1.90. The van der Waals surface area contributed by atoms with Crippen LogP contribution in [0.25, 0.3) is 22.6 Å². The Kier molecular flexibility index (Phi) is 7.58. The van der Waals surface area contributed by atoms with Crippen molar-refractivity contribution in [3.63, 3.8) is 0 Å². The largest absolute Gasteiger partial charge is 0.463 e. The molecule has 1 aromatic carbocycles. The highest BCUT2D eigenvalue weighted by Crippen LogP contribution is 2.31. The van der Waals surface area contributed by atoms with Gasteiger partial charge in [-0.25, -0.2) is 14.6 Å². The maximum atomic E-state index is 10.2. The van der Waals surface area contributed by atoms with Gasteiger partial charge in [0, 0.05) is 19.0 Å². The number of nitrogens with two attached hydrogens (primary N) is 2. The maximum Gasteiger partial charge on any atom is 0.217 e. The third-order valence-electron chi connectivity index (χ3n) is 5.31.